The van der Waals surface area contributed by atoms with Crippen LogP contribution in [0.4, 0.5) is 19.0 Å². The topological polar surface area (TPSA) is 47.0 Å². The van der Waals surface area contributed by atoms with Crippen LogP contribution in [0.2, 0.25) is 0 Å². The van der Waals surface area contributed by atoms with E-state index in [0.717, 1.165) is 13.3 Å². The van der Waals surface area contributed by atoms with Crippen molar-refractivity contribution in [2.24, 2.45) is 0 Å². The van der Waals surface area contributed by atoms with Crippen LogP contribution < -0.4 is 10.1 Å². The molecular formula is C13H20F3N3O. The first kappa shape index (κ1) is 16.5. The van der Waals surface area contributed by atoms with Gasteiger partial charge in [-0.25, -0.2) is 4.98 Å². The Morgan fingerprint density at radius 2 is 1.90 bits per heavy atom. The standard InChI is InChI=1S/C13H20F3N3O/c1-5-7-10-18-11(17-6-2)8(3)12(19-10)20-9(4)13(14,15)16/h9H,5-7H2,1-4H3,(H,17,18,19). The van der Waals surface area contributed by atoms with Gasteiger partial charge in [0.15, 0.2) is 6.10 Å². The molecule has 0 aromatic carbocycles. The van der Waals surface area contributed by atoms with Gasteiger partial charge in [-0.15, -0.1) is 0 Å². The zero-order valence-corrected chi connectivity index (χ0v) is 12.1. The molecule has 1 aromatic heterocycles. The van der Waals surface area contributed by atoms with Crippen molar-refractivity contribution in [3.05, 3.63) is 11.4 Å². The van der Waals surface area contributed by atoms with Crippen LogP contribution in [0.15, 0.2) is 0 Å². The second-order valence-electron chi connectivity index (χ2n) is 4.50. The van der Waals surface area contributed by atoms with E-state index < -0.39 is 12.3 Å². The van der Waals surface area contributed by atoms with Crippen molar-refractivity contribution < 1.29 is 17.9 Å². The highest BCUT2D eigenvalue weighted by Gasteiger charge is 2.38. The average molecular weight is 291 g/mol. The van der Waals surface area contributed by atoms with Gasteiger partial charge in [0.2, 0.25) is 5.88 Å². The van der Waals surface area contributed by atoms with E-state index in [1.165, 1.54) is 0 Å². The quantitative estimate of drug-likeness (QED) is 0.871. The molecule has 1 rings (SSSR count). The van der Waals surface area contributed by atoms with Gasteiger partial charge in [-0.05, 0) is 27.2 Å². The largest absolute Gasteiger partial charge is 0.465 e. The van der Waals surface area contributed by atoms with E-state index in [9.17, 15) is 13.2 Å². The minimum atomic E-state index is -4.42. The maximum atomic E-state index is 12.6. The van der Waals surface area contributed by atoms with Gasteiger partial charge < -0.3 is 10.1 Å². The second kappa shape index (κ2) is 6.76. The number of rotatable bonds is 6. The minimum Gasteiger partial charge on any atom is -0.465 e. The van der Waals surface area contributed by atoms with Crippen LogP contribution in [0.25, 0.3) is 0 Å². The first-order valence-corrected chi connectivity index (χ1v) is 6.64. The number of ether oxygens (including phenoxy) is 1. The number of hydrogen-bond donors (Lipinski definition) is 1. The molecule has 1 N–H and O–H groups in total. The van der Waals surface area contributed by atoms with Gasteiger partial charge >= 0.3 is 6.18 Å². The van der Waals surface area contributed by atoms with Crippen LogP contribution in [-0.2, 0) is 6.42 Å². The fourth-order valence-electron chi connectivity index (χ4n) is 1.56. The zero-order chi connectivity index (χ0) is 15.3. The van der Waals surface area contributed by atoms with Gasteiger partial charge in [-0.2, -0.15) is 18.2 Å². The van der Waals surface area contributed by atoms with E-state index in [0.29, 0.717) is 30.2 Å². The number of alkyl halides is 3. The molecule has 1 heterocycles. The number of aromatic nitrogens is 2. The van der Waals surface area contributed by atoms with Crippen LogP contribution >= 0.6 is 0 Å². The highest BCUT2D eigenvalue weighted by molar-refractivity contribution is 5.48. The Kier molecular flexibility index (Phi) is 5.59. The predicted molar refractivity (Wildman–Crippen MR) is 71.1 cm³/mol. The Bertz CT molecular complexity index is 449. The van der Waals surface area contributed by atoms with E-state index in [1.807, 2.05) is 13.8 Å². The highest BCUT2D eigenvalue weighted by atomic mass is 19.4. The van der Waals surface area contributed by atoms with E-state index in [-0.39, 0.29) is 5.88 Å². The number of nitrogens with one attached hydrogen (secondary N) is 1. The summed E-state index contributed by atoms with van der Waals surface area (Å²) >= 11 is 0. The Labute approximate surface area is 116 Å². The van der Waals surface area contributed by atoms with Crippen molar-refractivity contribution in [3.8, 4) is 5.88 Å². The second-order valence-corrected chi connectivity index (χ2v) is 4.50. The number of aryl methyl sites for hydroxylation is 1. The van der Waals surface area contributed by atoms with E-state index in [2.05, 4.69) is 15.3 Å². The Morgan fingerprint density at radius 1 is 1.25 bits per heavy atom. The molecule has 4 nitrogen and oxygen atoms in total. The van der Waals surface area contributed by atoms with Gasteiger partial charge in [0.25, 0.3) is 0 Å². The molecule has 0 saturated heterocycles. The van der Waals surface area contributed by atoms with Gasteiger partial charge in [-0.3, -0.25) is 0 Å². The summed E-state index contributed by atoms with van der Waals surface area (Å²) in [5.74, 6) is 0.998. The summed E-state index contributed by atoms with van der Waals surface area (Å²) in [5, 5.41) is 3.01. The molecule has 1 atom stereocenters. The molecule has 0 fully saturated rings. The summed E-state index contributed by atoms with van der Waals surface area (Å²) in [5.41, 5.74) is 0.489. The molecule has 1 aromatic rings. The molecule has 0 spiro atoms. The molecule has 0 amide bonds. The van der Waals surface area contributed by atoms with Crippen LogP contribution in [0.1, 0.15) is 38.6 Å². The van der Waals surface area contributed by atoms with Crippen LogP contribution in [0.5, 0.6) is 5.88 Å². The summed E-state index contributed by atoms with van der Waals surface area (Å²) in [6, 6.07) is 0. The molecule has 0 aliphatic rings. The van der Waals surface area contributed by atoms with Crippen molar-refractivity contribution in [1.82, 2.24) is 9.97 Å². The van der Waals surface area contributed by atoms with Crippen molar-refractivity contribution >= 4 is 5.82 Å². The Morgan fingerprint density at radius 3 is 2.40 bits per heavy atom. The lowest BCUT2D eigenvalue weighted by Gasteiger charge is -2.19. The monoisotopic (exact) mass is 291 g/mol. The number of halogens is 3. The molecule has 0 radical (unpaired) electrons. The minimum absolute atomic E-state index is 0.00998. The fraction of sp³-hybridized carbons (Fsp3) is 0.692. The third kappa shape index (κ3) is 4.25. The normalized spacial score (nSPS) is 13.2. The molecule has 20 heavy (non-hydrogen) atoms. The number of hydrogen-bond acceptors (Lipinski definition) is 4. The van der Waals surface area contributed by atoms with Crippen LogP contribution in [0.3, 0.4) is 0 Å². The Balaban J connectivity index is 3.09. The summed E-state index contributed by atoms with van der Waals surface area (Å²) in [6.07, 6.45) is -4.92. The molecule has 1 unspecified atom stereocenters. The smallest absolute Gasteiger partial charge is 0.425 e. The van der Waals surface area contributed by atoms with Crippen molar-refractivity contribution in [1.29, 1.82) is 0 Å². The predicted octanol–water partition coefficient (Wildman–Crippen LogP) is 3.50. The molecule has 0 aliphatic heterocycles. The summed E-state index contributed by atoms with van der Waals surface area (Å²) in [6.45, 7) is 7.08. The molecular weight excluding hydrogens is 271 g/mol. The molecule has 0 saturated carbocycles. The number of nitrogens with zero attached hydrogens (tertiary/aromatic N) is 2. The zero-order valence-electron chi connectivity index (χ0n) is 12.1. The van der Waals surface area contributed by atoms with Crippen molar-refractivity contribution in [2.75, 3.05) is 11.9 Å². The summed E-state index contributed by atoms with van der Waals surface area (Å²) < 4.78 is 42.7. The lowest BCUT2D eigenvalue weighted by molar-refractivity contribution is -0.190. The van der Waals surface area contributed by atoms with Gasteiger partial charge in [0.05, 0.1) is 5.56 Å². The average Bonchev–Trinajstić information content (AvgIpc) is 2.34. The third-order valence-electron chi connectivity index (χ3n) is 2.71. The van der Waals surface area contributed by atoms with Crippen LogP contribution in [0, 0.1) is 6.92 Å². The van der Waals surface area contributed by atoms with Crippen LogP contribution in [-0.4, -0.2) is 28.8 Å². The first-order valence-electron chi connectivity index (χ1n) is 6.64. The van der Waals surface area contributed by atoms with Gasteiger partial charge in [0, 0.05) is 13.0 Å². The molecule has 114 valence electrons. The first-order chi connectivity index (χ1) is 9.29. The van der Waals surface area contributed by atoms with E-state index >= 15 is 0 Å². The van der Waals surface area contributed by atoms with E-state index in [1.54, 1.807) is 6.92 Å². The Hall–Kier alpha value is -1.53. The number of anilines is 1. The maximum Gasteiger partial charge on any atom is 0.425 e. The van der Waals surface area contributed by atoms with Crippen molar-refractivity contribution in [3.63, 3.8) is 0 Å². The maximum absolute atomic E-state index is 12.6. The van der Waals surface area contributed by atoms with E-state index in [4.69, 9.17) is 4.74 Å². The van der Waals surface area contributed by atoms with Gasteiger partial charge in [0.1, 0.15) is 11.6 Å². The molecule has 7 heteroatoms. The lowest BCUT2D eigenvalue weighted by atomic mass is 10.2. The lowest BCUT2D eigenvalue weighted by Crippen LogP contribution is -2.32. The van der Waals surface area contributed by atoms with Crippen molar-refractivity contribution in [2.45, 2.75) is 52.8 Å². The SMILES string of the molecule is CCCc1nc(NCC)c(C)c(OC(C)C(F)(F)F)n1. The third-order valence-corrected chi connectivity index (χ3v) is 2.71. The highest BCUT2D eigenvalue weighted by Crippen LogP contribution is 2.28. The summed E-state index contributed by atoms with van der Waals surface area (Å²) in [4.78, 5) is 8.38. The fourth-order valence-corrected chi connectivity index (χ4v) is 1.56. The molecule has 0 aliphatic carbocycles. The molecule has 0 bridgehead atoms. The van der Waals surface area contributed by atoms with Gasteiger partial charge in [-0.1, -0.05) is 6.92 Å². The summed E-state index contributed by atoms with van der Waals surface area (Å²) in [7, 11) is 0.